The van der Waals surface area contributed by atoms with E-state index in [0.717, 1.165) is 24.4 Å². The largest absolute Gasteiger partial charge is 0.490 e. The lowest BCUT2D eigenvalue weighted by Crippen LogP contribution is -2.14. The van der Waals surface area contributed by atoms with Crippen molar-refractivity contribution in [3.8, 4) is 5.75 Å². The minimum atomic E-state index is -0.314. The molecule has 0 bridgehead atoms. The Bertz CT molecular complexity index is 568. The third-order valence-corrected chi connectivity index (χ3v) is 3.26. The van der Waals surface area contributed by atoms with Gasteiger partial charge in [-0.05, 0) is 30.7 Å². The topological polar surface area (TPSA) is 39.1 Å². The van der Waals surface area contributed by atoms with Crippen LogP contribution in [0.4, 0.5) is 4.39 Å². The number of nitrogens with one attached hydrogen (secondary N) is 1. The average molecular weight is 291 g/mol. The maximum absolute atomic E-state index is 13.9. The zero-order valence-electron chi connectivity index (χ0n) is 12.6. The minimum Gasteiger partial charge on any atom is -0.490 e. The van der Waals surface area contributed by atoms with Crippen molar-refractivity contribution in [3.63, 3.8) is 0 Å². The first-order valence-electron chi connectivity index (χ1n) is 7.29. The van der Waals surface area contributed by atoms with Crippen LogP contribution >= 0.6 is 0 Å². The number of rotatable bonds is 8. The predicted octanol–water partition coefficient (Wildman–Crippen LogP) is 2.68. The van der Waals surface area contributed by atoms with E-state index in [1.54, 1.807) is 12.3 Å². The monoisotopic (exact) mass is 291 g/mol. The highest BCUT2D eigenvalue weighted by molar-refractivity contribution is 5.29. The Balaban J connectivity index is 1.84. The van der Waals surface area contributed by atoms with Gasteiger partial charge in [0, 0.05) is 32.4 Å². The van der Waals surface area contributed by atoms with Crippen molar-refractivity contribution in [1.29, 1.82) is 0 Å². The molecule has 21 heavy (non-hydrogen) atoms. The maximum Gasteiger partial charge on any atom is 0.165 e. The van der Waals surface area contributed by atoms with E-state index in [2.05, 4.69) is 17.2 Å². The lowest BCUT2D eigenvalue weighted by molar-refractivity contribution is 0.301. The quantitative estimate of drug-likeness (QED) is 0.760. The summed E-state index contributed by atoms with van der Waals surface area (Å²) in [7, 11) is 1.93. The Labute approximate surface area is 125 Å². The van der Waals surface area contributed by atoms with Crippen LogP contribution in [0.3, 0.4) is 0 Å². The fourth-order valence-electron chi connectivity index (χ4n) is 2.07. The molecule has 0 saturated carbocycles. The number of imidazole rings is 1. The van der Waals surface area contributed by atoms with E-state index in [1.165, 1.54) is 6.07 Å². The first-order valence-corrected chi connectivity index (χ1v) is 7.29. The van der Waals surface area contributed by atoms with Crippen LogP contribution in [0.2, 0.25) is 0 Å². The Hall–Kier alpha value is -1.88. The fraction of sp³-hybridized carbons (Fsp3) is 0.438. The number of hydrogen-bond donors (Lipinski definition) is 1. The molecule has 0 atom stereocenters. The van der Waals surface area contributed by atoms with E-state index in [1.807, 2.05) is 23.9 Å². The third-order valence-electron chi connectivity index (χ3n) is 3.26. The molecule has 0 unspecified atom stereocenters. The standard InChI is InChI=1S/C16H22FN3O/c1-3-7-18-12-13-4-5-15(14(17)11-13)21-10-6-16-19-8-9-20(16)2/h4-5,8-9,11,18H,3,6-7,10,12H2,1-2H3. The van der Waals surface area contributed by atoms with E-state index < -0.39 is 0 Å². The highest BCUT2D eigenvalue weighted by atomic mass is 19.1. The third kappa shape index (κ3) is 4.56. The summed E-state index contributed by atoms with van der Waals surface area (Å²) in [6.07, 6.45) is 5.35. The normalized spacial score (nSPS) is 10.8. The molecule has 0 aliphatic carbocycles. The lowest BCUT2D eigenvalue weighted by atomic mass is 10.2. The molecule has 0 saturated heterocycles. The molecule has 1 aromatic heterocycles. The van der Waals surface area contributed by atoms with Crippen LogP contribution in [0.1, 0.15) is 24.7 Å². The molecule has 0 amide bonds. The van der Waals surface area contributed by atoms with Crippen LogP contribution in [0.25, 0.3) is 0 Å². The molecule has 1 N–H and O–H groups in total. The molecule has 0 fully saturated rings. The Morgan fingerprint density at radius 2 is 2.24 bits per heavy atom. The zero-order valence-corrected chi connectivity index (χ0v) is 12.6. The lowest BCUT2D eigenvalue weighted by Gasteiger charge is -2.09. The number of hydrogen-bond acceptors (Lipinski definition) is 3. The van der Waals surface area contributed by atoms with Gasteiger partial charge in [0.15, 0.2) is 11.6 Å². The Kier molecular flexibility index (Phi) is 5.75. The van der Waals surface area contributed by atoms with Crippen molar-refractivity contribution in [2.24, 2.45) is 7.05 Å². The molecule has 2 rings (SSSR count). The first-order chi connectivity index (χ1) is 10.2. The molecule has 5 heteroatoms. The second-order valence-corrected chi connectivity index (χ2v) is 4.99. The minimum absolute atomic E-state index is 0.295. The van der Waals surface area contributed by atoms with Gasteiger partial charge >= 0.3 is 0 Å². The number of aromatic nitrogens is 2. The van der Waals surface area contributed by atoms with Crippen LogP contribution in [0.15, 0.2) is 30.6 Å². The summed E-state index contributed by atoms with van der Waals surface area (Å²) >= 11 is 0. The molecule has 0 radical (unpaired) electrons. The summed E-state index contributed by atoms with van der Waals surface area (Å²) in [6, 6.07) is 5.11. The molecular weight excluding hydrogens is 269 g/mol. The molecule has 1 aromatic carbocycles. The van der Waals surface area contributed by atoms with E-state index in [4.69, 9.17) is 4.74 Å². The van der Waals surface area contributed by atoms with Crippen LogP contribution < -0.4 is 10.1 Å². The second-order valence-electron chi connectivity index (χ2n) is 4.99. The van der Waals surface area contributed by atoms with E-state index >= 15 is 0 Å². The molecule has 1 heterocycles. The Morgan fingerprint density at radius 3 is 2.90 bits per heavy atom. The molecule has 4 nitrogen and oxygen atoms in total. The van der Waals surface area contributed by atoms with Crippen LogP contribution in [-0.4, -0.2) is 22.7 Å². The number of aryl methyl sites for hydroxylation is 1. The summed E-state index contributed by atoms with van der Waals surface area (Å²) in [5.41, 5.74) is 0.928. The Morgan fingerprint density at radius 1 is 1.38 bits per heavy atom. The molecule has 0 aliphatic rings. The number of ether oxygens (including phenoxy) is 1. The SMILES string of the molecule is CCCNCc1ccc(OCCc2nccn2C)c(F)c1. The number of benzene rings is 1. The van der Waals surface area contributed by atoms with Crippen molar-refractivity contribution in [2.75, 3.05) is 13.2 Å². The van der Waals surface area contributed by atoms with E-state index in [0.29, 0.717) is 25.3 Å². The summed E-state index contributed by atoms with van der Waals surface area (Å²) < 4.78 is 21.4. The van der Waals surface area contributed by atoms with Crippen molar-refractivity contribution in [1.82, 2.24) is 14.9 Å². The van der Waals surface area contributed by atoms with Gasteiger partial charge in [0.25, 0.3) is 0 Å². The zero-order chi connectivity index (χ0) is 15.1. The van der Waals surface area contributed by atoms with Gasteiger partial charge in [-0.3, -0.25) is 0 Å². The second kappa shape index (κ2) is 7.78. The highest BCUT2D eigenvalue weighted by Crippen LogP contribution is 2.18. The van der Waals surface area contributed by atoms with Crippen molar-refractivity contribution < 1.29 is 9.13 Å². The molecule has 114 valence electrons. The molecular formula is C16H22FN3O. The summed E-state index contributed by atoms with van der Waals surface area (Å²) in [5, 5.41) is 3.25. The van der Waals surface area contributed by atoms with Gasteiger partial charge in [0.2, 0.25) is 0 Å². The fourth-order valence-corrected chi connectivity index (χ4v) is 2.07. The average Bonchev–Trinajstić information content (AvgIpc) is 2.87. The van der Waals surface area contributed by atoms with E-state index in [-0.39, 0.29) is 5.82 Å². The van der Waals surface area contributed by atoms with Crippen LogP contribution in [0.5, 0.6) is 5.75 Å². The summed E-state index contributed by atoms with van der Waals surface area (Å²) in [4.78, 5) is 4.21. The van der Waals surface area contributed by atoms with Crippen molar-refractivity contribution >= 4 is 0 Å². The number of nitrogens with zero attached hydrogens (tertiary/aromatic N) is 2. The van der Waals surface area contributed by atoms with Gasteiger partial charge in [-0.2, -0.15) is 0 Å². The summed E-state index contributed by atoms with van der Waals surface area (Å²) in [6.45, 7) is 4.13. The maximum atomic E-state index is 13.9. The van der Waals surface area contributed by atoms with E-state index in [9.17, 15) is 4.39 Å². The molecule has 0 aliphatic heterocycles. The predicted molar refractivity (Wildman–Crippen MR) is 80.8 cm³/mol. The van der Waals surface area contributed by atoms with Gasteiger partial charge in [-0.15, -0.1) is 0 Å². The molecule has 2 aromatic rings. The first kappa shape index (κ1) is 15.5. The van der Waals surface area contributed by atoms with Crippen molar-refractivity contribution in [2.45, 2.75) is 26.3 Å². The van der Waals surface area contributed by atoms with Gasteiger partial charge < -0.3 is 14.6 Å². The number of halogens is 1. The molecule has 0 spiro atoms. The van der Waals surface area contributed by atoms with Crippen LogP contribution in [0, 0.1) is 5.82 Å². The van der Waals surface area contributed by atoms with Gasteiger partial charge in [0.1, 0.15) is 5.82 Å². The van der Waals surface area contributed by atoms with Gasteiger partial charge in [-0.25, -0.2) is 9.37 Å². The smallest absolute Gasteiger partial charge is 0.165 e. The van der Waals surface area contributed by atoms with Crippen LogP contribution in [-0.2, 0) is 20.0 Å². The van der Waals surface area contributed by atoms with Crippen molar-refractivity contribution in [3.05, 3.63) is 47.8 Å². The highest BCUT2D eigenvalue weighted by Gasteiger charge is 2.06. The van der Waals surface area contributed by atoms with Gasteiger partial charge in [0.05, 0.1) is 6.61 Å². The summed E-state index contributed by atoms with van der Waals surface area (Å²) in [5.74, 6) is 0.907. The van der Waals surface area contributed by atoms with Gasteiger partial charge in [-0.1, -0.05) is 13.0 Å².